The molecule has 1 aliphatic rings. The summed E-state index contributed by atoms with van der Waals surface area (Å²) in [6, 6.07) is 0.257. The Balaban J connectivity index is 2.57. The first-order valence-corrected chi connectivity index (χ1v) is 6.73. The molecule has 1 atom stereocenters. The van der Waals surface area contributed by atoms with Gasteiger partial charge < -0.3 is 19.5 Å². The lowest BCUT2D eigenvalue weighted by Gasteiger charge is -2.42. The second-order valence-corrected chi connectivity index (χ2v) is 4.57. The highest BCUT2D eigenvalue weighted by Gasteiger charge is 2.40. The van der Waals surface area contributed by atoms with Crippen molar-refractivity contribution in [3.8, 4) is 0 Å². The van der Waals surface area contributed by atoms with Gasteiger partial charge in [0.05, 0.1) is 18.2 Å². The third-order valence-electron chi connectivity index (χ3n) is 3.46. The van der Waals surface area contributed by atoms with Gasteiger partial charge in [-0.1, -0.05) is 13.8 Å². The summed E-state index contributed by atoms with van der Waals surface area (Å²) < 4.78 is 16.9. The number of nitrogens with one attached hydrogen (secondary N) is 1. The van der Waals surface area contributed by atoms with Gasteiger partial charge in [-0.2, -0.15) is 0 Å². The van der Waals surface area contributed by atoms with Crippen LogP contribution >= 0.6 is 0 Å². The first-order valence-electron chi connectivity index (χ1n) is 6.73. The molecule has 1 unspecified atom stereocenters. The monoisotopic (exact) mass is 245 g/mol. The van der Waals surface area contributed by atoms with E-state index in [1.54, 1.807) is 7.11 Å². The predicted molar refractivity (Wildman–Crippen MR) is 68.4 cm³/mol. The van der Waals surface area contributed by atoms with Crippen LogP contribution in [-0.2, 0) is 14.2 Å². The molecule has 0 aromatic carbocycles. The van der Waals surface area contributed by atoms with Gasteiger partial charge in [-0.25, -0.2) is 0 Å². The normalized spacial score (nSPS) is 21.4. The number of likely N-dealkylation sites (N-methyl/N-ethyl adjacent to an activating group) is 1. The van der Waals surface area contributed by atoms with Crippen molar-refractivity contribution in [2.45, 2.75) is 44.8 Å². The number of rotatable bonds is 8. The molecule has 0 radical (unpaired) electrons. The molecule has 102 valence electrons. The maximum absolute atomic E-state index is 5.80. The number of ether oxygens (including phenoxy) is 3. The summed E-state index contributed by atoms with van der Waals surface area (Å²) in [5, 5.41) is 3.50. The summed E-state index contributed by atoms with van der Waals surface area (Å²) >= 11 is 0. The molecule has 1 N–H and O–H groups in total. The Hall–Kier alpha value is -0.160. The van der Waals surface area contributed by atoms with E-state index in [0.717, 1.165) is 52.2 Å². The quantitative estimate of drug-likeness (QED) is 0.659. The van der Waals surface area contributed by atoms with E-state index in [-0.39, 0.29) is 11.6 Å². The highest BCUT2D eigenvalue weighted by Crippen LogP contribution is 2.28. The highest BCUT2D eigenvalue weighted by atomic mass is 16.5. The Bertz CT molecular complexity index is 193. The third-order valence-corrected chi connectivity index (χ3v) is 3.46. The minimum absolute atomic E-state index is 0.123. The number of hydrogen-bond donors (Lipinski definition) is 1. The first-order chi connectivity index (χ1) is 8.29. The maximum Gasteiger partial charge on any atom is 0.0897 e. The summed E-state index contributed by atoms with van der Waals surface area (Å²) in [4.78, 5) is 0. The van der Waals surface area contributed by atoms with Crippen LogP contribution < -0.4 is 5.32 Å². The van der Waals surface area contributed by atoms with Crippen molar-refractivity contribution < 1.29 is 14.2 Å². The van der Waals surface area contributed by atoms with E-state index >= 15 is 0 Å². The Morgan fingerprint density at radius 1 is 1.29 bits per heavy atom. The van der Waals surface area contributed by atoms with Crippen LogP contribution in [0.2, 0.25) is 0 Å². The van der Waals surface area contributed by atoms with E-state index in [0.29, 0.717) is 0 Å². The predicted octanol–water partition coefficient (Wildman–Crippen LogP) is 1.59. The zero-order valence-electron chi connectivity index (χ0n) is 11.5. The first kappa shape index (κ1) is 14.9. The van der Waals surface area contributed by atoms with E-state index in [2.05, 4.69) is 19.2 Å². The van der Waals surface area contributed by atoms with Crippen molar-refractivity contribution in [3.05, 3.63) is 0 Å². The molecule has 1 heterocycles. The van der Waals surface area contributed by atoms with Gasteiger partial charge in [0.2, 0.25) is 0 Å². The van der Waals surface area contributed by atoms with E-state index < -0.39 is 0 Å². The molecular formula is C13H27NO3. The Morgan fingerprint density at radius 3 is 2.53 bits per heavy atom. The lowest BCUT2D eigenvalue weighted by atomic mass is 9.86. The smallest absolute Gasteiger partial charge is 0.0897 e. The molecule has 0 aromatic rings. The Labute approximate surface area is 105 Å². The molecule has 0 bridgehead atoms. The fraction of sp³-hybridized carbons (Fsp3) is 1.00. The van der Waals surface area contributed by atoms with Crippen molar-refractivity contribution >= 4 is 0 Å². The second-order valence-electron chi connectivity index (χ2n) is 4.57. The van der Waals surface area contributed by atoms with Gasteiger partial charge in [-0.15, -0.1) is 0 Å². The Kier molecular flexibility index (Phi) is 7.04. The fourth-order valence-corrected chi connectivity index (χ4v) is 2.40. The van der Waals surface area contributed by atoms with Crippen LogP contribution in [0.15, 0.2) is 0 Å². The third kappa shape index (κ3) is 4.21. The van der Waals surface area contributed by atoms with E-state index in [1.807, 2.05) is 0 Å². The number of methoxy groups -OCH3 is 1. The molecule has 1 saturated heterocycles. The van der Waals surface area contributed by atoms with Crippen LogP contribution in [-0.4, -0.2) is 51.7 Å². The van der Waals surface area contributed by atoms with E-state index in [1.165, 1.54) is 0 Å². The van der Waals surface area contributed by atoms with Crippen molar-refractivity contribution in [1.29, 1.82) is 0 Å². The highest BCUT2D eigenvalue weighted by molar-refractivity contribution is 4.94. The van der Waals surface area contributed by atoms with Crippen LogP contribution in [0.1, 0.15) is 33.1 Å². The molecule has 0 aromatic heterocycles. The zero-order chi connectivity index (χ0) is 12.6. The van der Waals surface area contributed by atoms with Crippen LogP contribution in [0.4, 0.5) is 0 Å². The van der Waals surface area contributed by atoms with Crippen LogP contribution in [0, 0.1) is 0 Å². The lowest BCUT2D eigenvalue weighted by Crippen LogP contribution is -2.57. The minimum Gasteiger partial charge on any atom is -0.381 e. The molecule has 0 spiro atoms. The van der Waals surface area contributed by atoms with Crippen molar-refractivity contribution in [2.75, 3.05) is 40.1 Å². The molecule has 0 saturated carbocycles. The second kappa shape index (κ2) is 8.03. The van der Waals surface area contributed by atoms with E-state index in [9.17, 15) is 0 Å². The van der Waals surface area contributed by atoms with Crippen molar-refractivity contribution in [3.63, 3.8) is 0 Å². The number of hydrogen-bond acceptors (Lipinski definition) is 4. The lowest BCUT2D eigenvalue weighted by molar-refractivity contribution is -0.122. The van der Waals surface area contributed by atoms with Crippen LogP contribution in [0.3, 0.4) is 0 Å². The summed E-state index contributed by atoms with van der Waals surface area (Å²) in [6.45, 7) is 8.28. The average Bonchev–Trinajstić information content (AvgIpc) is 2.39. The minimum atomic E-state index is -0.123. The van der Waals surface area contributed by atoms with Crippen molar-refractivity contribution in [1.82, 2.24) is 5.32 Å². The zero-order valence-corrected chi connectivity index (χ0v) is 11.5. The van der Waals surface area contributed by atoms with Gasteiger partial charge >= 0.3 is 0 Å². The maximum atomic E-state index is 5.80. The van der Waals surface area contributed by atoms with Gasteiger partial charge in [0.1, 0.15) is 0 Å². The molecule has 17 heavy (non-hydrogen) atoms. The summed E-state index contributed by atoms with van der Waals surface area (Å²) in [5.41, 5.74) is -0.123. The topological polar surface area (TPSA) is 39.7 Å². The van der Waals surface area contributed by atoms with Gasteiger partial charge in [0, 0.05) is 39.8 Å². The molecule has 1 rings (SSSR count). The van der Waals surface area contributed by atoms with Crippen molar-refractivity contribution in [2.24, 2.45) is 0 Å². The van der Waals surface area contributed by atoms with Crippen LogP contribution in [0.25, 0.3) is 0 Å². The van der Waals surface area contributed by atoms with Gasteiger partial charge in [-0.05, 0) is 13.0 Å². The SMILES string of the molecule is CCCOCC(NCC)C1(OC)CCOCC1. The van der Waals surface area contributed by atoms with Gasteiger partial charge in [-0.3, -0.25) is 0 Å². The molecule has 4 nitrogen and oxygen atoms in total. The fourth-order valence-electron chi connectivity index (χ4n) is 2.40. The molecule has 0 amide bonds. The summed E-state index contributed by atoms with van der Waals surface area (Å²) in [6.07, 6.45) is 2.94. The molecule has 1 aliphatic heterocycles. The average molecular weight is 245 g/mol. The van der Waals surface area contributed by atoms with E-state index in [4.69, 9.17) is 14.2 Å². The summed E-state index contributed by atoms with van der Waals surface area (Å²) in [7, 11) is 1.80. The molecule has 0 aliphatic carbocycles. The summed E-state index contributed by atoms with van der Waals surface area (Å²) in [5.74, 6) is 0. The molecule has 4 heteroatoms. The van der Waals surface area contributed by atoms with Crippen LogP contribution in [0.5, 0.6) is 0 Å². The van der Waals surface area contributed by atoms with Gasteiger partial charge in [0.15, 0.2) is 0 Å². The standard InChI is InChI=1S/C13H27NO3/c1-4-8-17-11-12(14-5-2)13(15-3)6-9-16-10-7-13/h12,14H,4-11H2,1-3H3. The van der Waals surface area contributed by atoms with Gasteiger partial charge in [0.25, 0.3) is 0 Å². The molecular weight excluding hydrogens is 218 g/mol. The Morgan fingerprint density at radius 2 is 2.00 bits per heavy atom. The molecule has 1 fully saturated rings. The largest absolute Gasteiger partial charge is 0.381 e.